The summed E-state index contributed by atoms with van der Waals surface area (Å²) in [5.41, 5.74) is 27.7. The van der Waals surface area contributed by atoms with E-state index in [1.165, 1.54) is 75.9 Å². The average Bonchev–Trinajstić information content (AvgIpc) is 1.23. The van der Waals surface area contributed by atoms with Gasteiger partial charge in [0.15, 0.2) is 0 Å². The zero-order chi connectivity index (χ0) is 61.0. The molecule has 0 N–H and O–H groups in total. The second-order valence-corrected chi connectivity index (χ2v) is 28.9. The molecule has 18 rings (SSSR count). The van der Waals surface area contributed by atoms with Crippen LogP contribution in [-0.4, -0.2) is 13.4 Å². The molecule has 4 aliphatic rings. The lowest BCUT2D eigenvalue weighted by Gasteiger charge is -2.47. The Balaban J connectivity index is 0.969. The minimum atomic E-state index is -0.180. The molecule has 2 aromatic heterocycles. The van der Waals surface area contributed by atoms with E-state index in [1.807, 2.05) is 23.5 Å². The highest BCUT2D eigenvalue weighted by atomic mass is 32.2. The first-order chi connectivity index (χ1) is 44.4. The van der Waals surface area contributed by atoms with Crippen molar-refractivity contribution in [3.05, 3.63) is 266 Å². The smallest absolute Gasteiger partial charge is 0.249 e. The Morgan fingerprint density at radius 2 is 0.967 bits per heavy atom. The number of benzene rings is 12. The highest BCUT2D eigenvalue weighted by Gasteiger charge is 2.49. The van der Waals surface area contributed by atoms with E-state index in [1.54, 1.807) is 0 Å². The lowest BCUT2D eigenvalue weighted by Crippen LogP contribution is -2.62. The third-order valence-electron chi connectivity index (χ3n) is 20.3. The van der Waals surface area contributed by atoms with E-state index in [4.69, 9.17) is 8.83 Å². The summed E-state index contributed by atoms with van der Waals surface area (Å²) in [5.74, 6) is 0.172. The molecular weight excluding hydrogens is 1140 g/mol. The van der Waals surface area contributed by atoms with Crippen molar-refractivity contribution >= 4 is 142 Å². The first kappa shape index (κ1) is 54.4. The largest absolute Gasteiger partial charge is 0.456 e. The van der Waals surface area contributed by atoms with E-state index in [0.29, 0.717) is 0 Å². The van der Waals surface area contributed by atoms with Crippen LogP contribution in [0.15, 0.2) is 284 Å². The standard InChI is InChI=1S/C83H62B2N2O2S2/c1-50-83(5,6)39-40-90-77-45-55(53-33-37-74-63(41-53)61-27-16-18-31-72(61)88-74)44-71-79(77)84(50)66-48-67-68(49-69(66)87(71)81-59(51-21-10-7-11-22-51)29-20-30-60(81)52-23-12-8-13-24-52)86(58-25-14-9-15-26-58)70-43-56(54-34-38-75-64(42-54)62-28-17-19-32-73(62)89-75)46-78-80(70)85(67)65-36-35-57(82(2,3)4)47-76(65)91-78/h7-50H,1-6H3/b40-39+/t50-/m0/s1. The fraction of sp³-hybridized carbons (Fsp3) is 0.108. The molecule has 0 unspecified atom stereocenters. The van der Waals surface area contributed by atoms with Crippen LogP contribution in [0.3, 0.4) is 0 Å². The first-order valence-corrected chi connectivity index (χ1v) is 33.5. The van der Waals surface area contributed by atoms with Crippen LogP contribution >= 0.6 is 23.5 Å². The van der Waals surface area contributed by atoms with E-state index in [2.05, 4.69) is 312 Å². The second kappa shape index (κ2) is 20.5. The van der Waals surface area contributed by atoms with Crippen LogP contribution in [0.2, 0.25) is 5.82 Å². The molecule has 4 nitrogen and oxygen atoms in total. The maximum Gasteiger partial charge on any atom is 0.249 e. The molecule has 4 aliphatic heterocycles. The maximum absolute atomic E-state index is 6.49. The zero-order valence-corrected chi connectivity index (χ0v) is 53.2. The normalized spacial score (nSPS) is 15.7. The summed E-state index contributed by atoms with van der Waals surface area (Å²) in [6, 6.07) is 93.3. The number of fused-ring (bicyclic) bond motifs is 12. The number of furan rings is 2. The van der Waals surface area contributed by atoms with Crippen molar-refractivity contribution in [2.24, 2.45) is 5.41 Å². The van der Waals surface area contributed by atoms with Crippen LogP contribution in [0.4, 0.5) is 34.1 Å². The summed E-state index contributed by atoms with van der Waals surface area (Å²) >= 11 is 3.81. The Morgan fingerprint density at radius 1 is 0.418 bits per heavy atom. The van der Waals surface area contributed by atoms with E-state index in [9.17, 15) is 0 Å². The Hall–Kier alpha value is -9.59. The lowest BCUT2D eigenvalue weighted by atomic mass is 9.27. The molecule has 1 atom stereocenters. The van der Waals surface area contributed by atoms with Gasteiger partial charge in [-0.15, -0.1) is 0 Å². The average molecular weight is 1210 g/mol. The van der Waals surface area contributed by atoms with Crippen LogP contribution in [0.25, 0.3) is 88.4 Å². The summed E-state index contributed by atoms with van der Waals surface area (Å²) < 4.78 is 12.9. The number of thioether (sulfide) groups is 1. The fourth-order valence-corrected chi connectivity index (χ4v) is 17.7. The van der Waals surface area contributed by atoms with Crippen LogP contribution in [0.1, 0.15) is 47.1 Å². The molecule has 434 valence electrons. The summed E-state index contributed by atoms with van der Waals surface area (Å²) in [6.07, 6.45) is 2.48. The molecule has 0 bridgehead atoms. The third-order valence-corrected chi connectivity index (χ3v) is 22.3. The maximum atomic E-state index is 6.49. The van der Waals surface area contributed by atoms with Gasteiger partial charge in [-0.25, -0.2) is 0 Å². The highest BCUT2D eigenvalue weighted by molar-refractivity contribution is 8.02. The van der Waals surface area contributed by atoms with Gasteiger partial charge in [0.25, 0.3) is 0 Å². The summed E-state index contributed by atoms with van der Waals surface area (Å²) in [7, 11) is 0. The molecule has 0 aliphatic carbocycles. The van der Waals surface area contributed by atoms with Gasteiger partial charge in [-0.1, -0.05) is 246 Å². The van der Waals surface area contributed by atoms with Gasteiger partial charge in [0.2, 0.25) is 13.4 Å². The molecule has 0 spiro atoms. The van der Waals surface area contributed by atoms with Crippen LogP contribution < -0.4 is 37.1 Å². The predicted octanol–water partition coefficient (Wildman–Crippen LogP) is 20.6. The van der Waals surface area contributed by atoms with Crippen LogP contribution in [0, 0.1) is 5.41 Å². The fourth-order valence-electron chi connectivity index (χ4n) is 15.3. The number of para-hydroxylation sites is 4. The van der Waals surface area contributed by atoms with Gasteiger partial charge in [-0.05, 0) is 162 Å². The van der Waals surface area contributed by atoms with Gasteiger partial charge < -0.3 is 18.6 Å². The van der Waals surface area contributed by atoms with Gasteiger partial charge in [-0.2, -0.15) is 0 Å². The minimum absolute atomic E-state index is 0.00421. The Bertz CT molecular complexity index is 5320. The molecule has 14 aromatic rings. The molecule has 8 heteroatoms. The third kappa shape index (κ3) is 8.55. The van der Waals surface area contributed by atoms with Crippen molar-refractivity contribution in [2.45, 2.75) is 67.5 Å². The number of anilines is 6. The first-order valence-electron chi connectivity index (χ1n) is 31.8. The number of rotatable bonds is 6. The number of hydrogen-bond acceptors (Lipinski definition) is 6. The summed E-state index contributed by atoms with van der Waals surface area (Å²) in [5, 5.41) is 6.86. The topological polar surface area (TPSA) is 32.8 Å². The SMILES string of the molecule is C[C@@H]1B2c3cc4c(cc3N(c3c(-c5ccccc5)cccc3-c3ccccc3)c3cc(-c5ccc6oc7ccccc7c6c5)cc(c32)S/C=C/C1(C)C)N(c1ccccc1)c1cc(-c2ccc3oc5ccccc5c3c2)cc2c1B4c1ccc(C(C)(C)C)cc1S2. The molecular formula is C83H62B2N2O2S2. The number of hydrogen-bond donors (Lipinski definition) is 0. The Labute approximate surface area is 540 Å². The van der Waals surface area contributed by atoms with Crippen LogP contribution in [-0.2, 0) is 5.41 Å². The van der Waals surface area contributed by atoms with E-state index in [0.717, 1.165) is 94.2 Å². The van der Waals surface area contributed by atoms with E-state index in [-0.39, 0.29) is 30.1 Å². The number of allylic oxidation sites excluding steroid dienone is 1. The lowest BCUT2D eigenvalue weighted by molar-refractivity contribution is 0.457. The predicted molar refractivity (Wildman–Crippen MR) is 389 cm³/mol. The van der Waals surface area contributed by atoms with Crippen molar-refractivity contribution < 1.29 is 8.83 Å². The quantitative estimate of drug-likeness (QED) is 0.154. The van der Waals surface area contributed by atoms with Gasteiger partial charge in [0.05, 0.1) is 5.69 Å². The van der Waals surface area contributed by atoms with Gasteiger partial charge >= 0.3 is 0 Å². The zero-order valence-electron chi connectivity index (χ0n) is 51.6. The van der Waals surface area contributed by atoms with Gasteiger partial charge in [0, 0.05) is 75.8 Å². The molecule has 0 radical (unpaired) electrons. The summed E-state index contributed by atoms with van der Waals surface area (Å²) in [4.78, 5) is 9.19. The van der Waals surface area contributed by atoms with E-state index < -0.39 is 0 Å². The molecule has 0 saturated heterocycles. The van der Waals surface area contributed by atoms with Crippen molar-refractivity contribution in [3.63, 3.8) is 0 Å². The highest BCUT2D eigenvalue weighted by Crippen LogP contribution is 2.54. The van der Waals surface area contributed by atoms with Gasteiger partial charge in [-0.3, -0.25) is 0 Å². The van der Waals surface area contributed by atoms with Crippen molar-refractivity contribution in [2.75, 3.05) is 9.80 Å². The molecule has 0 amide bonds. The second-order valence-electron chi connectivity index (χ2n) is 26.9. The molecule has 0 fully saturated rings. The number of nitrogens with zero attached hydrogens (tertiary/aromatic N) is 2. The van der Waals surface area contributed by atoms with Crippen molar-refractivity contribution in [1.82, 2.24) is 0 Å². The molecule has 12 aromatic carbocycles. The van der Waals surface area contributed by atoms with Crippen LogP contribution in [0.5, 0.6) is 0 Å². The van der Waals surface area contributed by atoms with Crippen molar-refractivity contribution in [3.8, 4) is 44.5 Å². The van der Waals surface area contributed by atoms with E-state index >= 15 is 0 Å². The Morgan fingerprint density at radius 3 is 1.58 bits per heavy atom. The monoisotopic (exact) mass is 1200 g/mol. The molecule has 6 heterocycles. The molecule has 0 saturated carbocycles. The van der Waals surface area contributed by atoms with Crippen molar-refractivity contribution in [1.29, 1.82) is 0 Å². The minimum Gasteiger partial charge on any atom is -0.456 e. The summed E-state index contributed by atoms with van der Waals surface area (Å²) in [6.45, 7) is 14.4. The molecule has 91 heavy (non-hydrogen) atoms. The van der Waals surface area contributed by atoms with Gasteiger partial charge in [0.1, 0.15) is 22.3 Å². The Kier molecular flexibility index (Phi) is 12.2.